The number of aliphatic hydroxyl groups excluding tert-OH is 1. The van der Waals surface area contributed by atoms with Crippen LogP contribution in [-0.2, 0) is 12.8 Å². The molecule has 1 N–H and O–H groups in total. The first-order chi connectivity index (χ1) is 8.60. The number of hydrogen-bond donors (Lipinski definition) is 1. The van der Waals surface area contributed by atoms with E-state index in [-0.39, 0.29) is 0 Å². The molecule has 0 saturated carbocycles. The topological polar surface area (TPSA) is 51.6 Å². The van der Waals surface area contributed by atoms with Gasteiger partial charge >= 0.3 is 12.5 Å². The number of halogens is 6. The maximum absolute atomic E-state index is 12.7. The Morgan fingerprint density at radius 3 is 2.16 bits per heavy atom. The number of alkyl halides is 6. The van der Waals surface area contributed by atoms with Crippen LogP contribution < -0.4 is 9.47 Å². The summed E-state index contributed by atoms with van der Waals surface area (Å²) in [6.07, 6.45) is -9.83. The number of hydrogen-bond acceptors (Lipinski definition) is 4. The average molecular weight is 291 g/mol. The number of nitrogens with zero attached hydrogens (tertiary/aromatic N) is 1. The molecule has 4 nitrogen and oxygen atoms in total. The van der Waals surface area contributed by atoms with Crippen molar-refractivity contribution in [1.29, 1.82) is 0 Å². The number of ether oxygens (including phenoxy) is 2. The molecule has 0 atom stereocenters. The molecule has 10 heteroatoms. The zero-order valence-electron chi connectivity index (χ0n) is 9.26. The lowest BCUT2D eigenvalue weighted by Gasteiger charge is -2.18. The third-order valence-corrected chi connectivity index (χ3v) is 1.98. The lowest BCUT2D eigenvalue weighted by atomic mass is 10.1. The highest BCUT2D eigenvalue weighted by atomic mass is 19.4. The average Bonchev–Trinajstić information content (AvgIpc) is 2.25. The quantitative estimate of drug-likeness (QED) is 0.869. The molecule has 0 amide bonds. The van der Waals surface area contributed by atoms with Gasteiger partial charge in [-0.2, -0.15) is 13.2 Å². The zero-order chi connectivity index (χ0) is 14.8. The van der Waals surface area contributed by atoms with Gasteiger partial charge in [0, 0.05) is 0 Å². The van der Waals surface area contributed by atoms with Crippen molar-refractivity contribution in [2.24, 2.45) is 0 Å². The smallest absolute Gasteiger partial charge is 0.494 e. The Morgan fingerprint density at radius 2 is 1.79 bits per heavy atom. The fourth-order valence-corrected chi connectivity index (χ4v) is 1.33. The maximum Gasteiger partial charge on any atom is 0.574 e. The van der Waals surface area contributed by atoms with Crippen LogP contribution in [0, 0.1) is 0 Å². The standard InChI is InChI=1S/C9H7F6NO3/c1-18-5-2-16-7(19-9(13,14)15)4(3-17)6(5)8(10,11)12/h2,17H,3H2,1H3. The summed E-state index contributed by atoms with van der Waals surface area (Å²) >= 11 is 0. The first-order valence-corrected chi connectivity index (χ1v) is 4.59. The van der Waals surface area contributed by atoms with E-state index >= 15 is 0 Å². The van der Waals surface area contributed by atoms with Crippen molar-refractivity contribution >= 4 is 0 Å². The van der Waals surface area contributed by atoms with Crippen LogP contribution in [-0.4, -0.2) is 23.6 Å². The monoisotopic (exact) mass is 291 g/mol. The van der Waals surface area contributed by atoms with Gasteiger partial charge < -0.3 is 14.6 Å². The highest BCUT2D eigenvalue weighted by Crippen LogP contribution is 2.42. The molecule has 0 aliphatic carbocycles. The van der Waals surface area contributed by atoms with Gasteiger partial charge in [-0.1, -0.05) is 0 Å². The number of aliphatic hydroxyl groups is 1. The molecule has 19 heavy (non-hydrogen) atoms. The molecule has 0 aliphatic rings. The van der Waals surface area contributed by atoms with Crippen LogP contribution in [0.1, 0.15) is 11.1 Å². The summed E-state index contributed by atoms with van der Waals surface area (Å²) < 4.78 is 82.0. The highest BCUT2D eigenvalue weighted by molar-refractivity contribution is 5.45. The van der Waals surface area contributed by atoms with Crippen LogP contribution in [0.4, 0.5) is 26.3 Å². The predicted molar refractivity (Wildman–Crippen MR) is 48.4 cm³/mol. The fraction of sp³-hybridized carbons (Fsp3) is 0.444. The van der Waals surface area contributed by atoms with E-state index in [2.05, 4.69) is 14.5 Å². The third-order valence-electron chi connectivity index (χ3n) is 1.98. The molecule has 1 heterocycles. The molecular formula is C9H7F6NO3. The molecule has 1 aromatic rings. The van der Waals surface area contributed by atoms with Crippen LogP contribution >= 0.6 is 0 Å². The first kappa shape index (κ1) is 15.3. The van der Waals surface area contributed by atoms with E-state index in [1.807, 2.05) is 0 Å². The van der Waals surface area contributed by atoms with Crippen molar-refractivity contribution in [3.05, 3.63) is 17.3 Å². The molecular weight excluding hydrogens is 284 g/mol. The molecule has 0 radical (unpaired) electrons. The van der Waals surface area contributed by atoms with E-state index in [9.17, 15) is 26.3 Å². The van der Waals surface area contributed by atoms with E-state index < -0.39 is 41.9 Å². The first-order valence-electron chi connectivity index (χ1n) is 4.59. The van der Waals surface area contributed by atoms with Gasteiger partial charge in [0.25, 0.3) is 0 Å². The lowest BCUT2D eigenvalue weighted by molar-refractivity contribution is -0.276. The van der Waals surface area contributed by atoms with Crippen molar-refractivity contribution in [3.8, 4) is 11.6 Å². The van der Waals surface area contributed by atoms with Gasteiger partial charge in [-0.25, -0.2) is 4.98 Å². The van der Waals surface area contributed by atoms with Gasteiger partial charge in [-0.15, -0.1) is 13.2 Å². The number of rotatable bonds is 3. The third kappa shape index (κ3) is 3.63. The Kier molecular flexibility index (Phi) is 4.13. The molecule has 1 rings (SSSR count). The molecule has 0 fully saturated rings. The van der Waals surface area contributed by atoms with Crippen molar-refractivity contribution in [2.75, 3.05) is 7.11 Å². The van der Waals surface area contributed by atoms with Gasteiger partial charge in [0.2, 0.25) is 5.88 Å². The molecule has 0 spiro atoms. The van der Waals surface area contributed by atoms with Crippen molar-refractivity contribution in [3.63, 3.8) is 0 Å². The molecule has 0 aliphatic heterocycles. The second-order valence-corrected chi connectivity index (χ2v) is 3.19. The summed E-state index contributed by atoms with van der Waals surface area (Å²) in [6.45, 7) is -1.34. The van der Waals surface area contributed by atoms with Crippen LogP contribution in [0.15, 0.2) is 6.20 Å². The van der Waals surface area contributed by atoms with Gasteiger partial charge in [0.15, 0.2) is 0 Å². The van der Waals surface area contributed by atoms with Gasteiger partial charge in [-0.3, -0.25) is 0 Å². The Balaban J connectivity index is 3.45. The minimum Gasteiger partial charge on any atom is -0.494 e. The minimum atomic E-state index is -5.23. The lowest BCUT2D eigenvalue weighted by Crippen LogP contribution is -2.21. The van der Waals surface area contributed by atoms with E-state index in [0.717, 1.165) is 7.11 Å². The predicted octanol–water partition coefficient (Wildman–Crippen LogP) is 2.50. The van der Waals surface area contributed by atoms with Crippen LogP contribution in [0.5, 0.6) is 11.6 Å². The highest BCUT2D eigenvalue weighted by Gasteiger charge is 2.41. The van der Waals surface area contributed by atoms with Crippen LogP contribution in [0.25, 0.3) is 0 Å². The van der Waals surface area contributed by atoms with E-state index in [1.54, 1.807) is 0 Å². The Labute approximate surface area is 102 Å². The number of aromatic nitrogens is 1. The Morgan fingerprint density at radius 1 is 1.21 bits per heavy atom. The van der Waals surface area contributed by atoms with Gasteiger partial charge in [0.1, 0.15) is 11.3 Å². The van der Waals surface area contributed by atoms with Crippen LogP contribution in [0.2, 0.25) is 0 Å². The summed E-state index contributed by atoms with van der Waals surface area (Å²) in [5.74, 6) is -2.19. The number of pyridine rings is 1. The van der Waals surface area contributed by atoms with E-state index in [4.69, 9.17) is 5.11 Å². The summed E-state index contributed by atoms with van der Waals surface area (Å²) in [5.41, 5.74) is -2.71. The fourth-order valence-electron chi connectivity index (χ4n) is 1.33. The Hall–Kier alpha value is -1.71. The summed E-state index contributed by atoms with van der Waals surface area (Å²) in [5, 5.41) is 8.84. The SMILES string of the molecule is COc1cnc(OC(F)(F)F)c(CO)c1C(F)(F)F. The summed E-state index contributed by atoms with van der Waals surface area (Å²) in [4.78, 5) is 3.05. The molecule has 0 bridgehead atoms. The molecule has 0 unspecified atom stereocenters. The number of methoxy groups -OCH3 is 1. The Bertz CT molecular complexity index is 456. The molecule has 0 saturated heterocycles. The van der Waals surface area contributed by atoms with Gasteiger partial charge in [0.05, 0.1) is 25.5 Å². The second kappa shape index (κ2) is 5.11. The summed E-state index contributed by atoms with van der Waals surface area (Å²) in [7, 11) is 0.887. The second-order valence-electron chi connectivity index (χ2n) is 3.19. The van der Waals surface area contributed by atoms with E-state index in [1.165, 1.54) is 0 Å². The summed E-state index contributed by atoms with van der Waals surface area (Å²) in [6, 6.07) is 0. The van der Waals surface area contributed by atoms with Crippen LogP contribution in [0.3, 0.4) is 0 Å². The molecule has 0 aromatic carbocycles. The van der Waals surface area contributed by atoms with Crippen molar-refractivity contribution < 1.29 is 40.9 Å². The largest absolute Gasteiger partial charge is 0.574 e. The van der Waals surface area contributed by atoms with Gasteiger partial charge in [-0.05, 0) is 0 Å². The molecule has 108 valence electrons. The van der Waals surface area contributed by atoms with E-state index in [0.29, 0.717) is 6.20 Å². The minimum absolute atomic E-state index is 0.434. The maximum atomic E-state index is 12.7. The molecule has 1 aromatic heterocycles. The normalized spacial score (nSPS) is 12.4. The zero-order valence-corrected chi connectivity index (χ0v) is 9.26. The van der Waals surface area contributed by atoms with Crippen molar-refractivity contribution in [1.82, 2.24) is 4.98 Å². The van der Waals surface area contributed by atoms with Crippen molar-refractivity contribution in [2.45, 2.75) is 19.1 Å².